The summed E-state index contributed by atoms with van der Waals surface area (Å²) in [6.45, 7) is 1.34. The number of carbonyl (C=O) groups is 1. The SMILES string of the molecule is O=C1/C(=C/c2ccccc2OCc2ccccc2F)SC(=S)N1C[C@@H]1CCCO1. The van der Waals surface area contributed by atoms with Crippen molar-refractivity contribution in [3.63, 3.8) is 0 Å². The van der Waals surface area contributed by atoms with Crippen LogP contribution in [-0.4, -0.2) is 34.4 Å². The molecule has 1 atom stereocenters. The summed E-state index contributed by atoms with van der Waals surface area (Å²) in [5, 5.41) is 0. The first-order valence-corrected chi connectivity index (χ1v) is 10.7. The molecule has 4 nitrogen and oxygen atoms in total. The molecule has 150 valence electrons. The van der Waals surface area contributed by atoms with Crippen molar-refractivity contribution >= 4 is 40.3 Å². The van der Waals surface area contributed by atoms with Gasteiger partial charge in [0.1, 0.15) is 22.5 Å². The number of amides is 1. The number of halogens is 1. The number of para-hydroxylation sites is 1. The molecule has 0 spiro atoms. The molecule has 2 fully saturated rings. The molecule has 2 heterocycles. The van der Waals surface area contributed by atoms with Crippen LogP contribution in [0.5, 0.6) is 5.75 Å². The van der Waals surface area contributed by atoms with E-state index in [-0.39, 0.29) is 24.4 Å². The Hall–Kier alpha value is -2.22. The lowest BCUT2D eigenvalue weighted by Gasteiger charge is -2.18. The first kappa shape index (κ1) is 20.1. The van der Waals surface area contributed by atoms with E-state index >= 15 is 0 Å². The van der Waals surface area contributed by atoms with E-state index in [0.717, 1.165) is 25.0 Å². The van der Waals surface area contributed by atoms with E-state index in [9.17, 15) is 9.18 Å². The number of hydrogen-bond acceptors (Lipinski definition) is 5. The fraction of sp³-hybridized carbons (Fsp3) is 0.273. The van der Waals surface area contributed by atoms with Crippen LogP contribution in [0, 0.1) is 5.82 Å². The third-order valence-electron chi connectivity index (χ3n) is 4.83. The molecule has 0 bridgehead atoms. The van der Waals surface area contributed by atoms with Crippen LogP contribution in [0.1, 0.15) is 24.0 Å². The van der Waals surface area contributed by atoms with Crippen molar-refractivity contribution in [1.82, 2.24) is 4.90 Å². The van der Waals surface area contributed by atoms with Crippen LogP contribution >= 0.6 is 24.0 Å². The van der Waals surface area contributed by atoms with E-state index < -0.39 is 0 Å². The monoisotopic (exact) mass is 429 g/mol. The Bertz CT molecular complexity index is 957. The molecule has 2 aliphatic rings. The molecule has 2 aliphatic heterocycles. The highest BCUT2D eigenvalue weighted by Gasteiger charge is 2.34. The van der Waals surface area contributed by atoms with Crippen molar-refractivity contribution in [2.75, 3.05) is 13.2 Å². The van der Waals surface area contributed by atoms with Gasteiger partial charge in [0.15, 0.2) is 0 Å². The van der Waals surface area contributed by atoms with E-state index in [1.807, 2.05) is 18.2 Å². The van der Waals surface area contributed by atoms with Crippen molar-refractivity contribution in [1.29, 1.82) is 0 Å². The van der Waals surface area contributed by atoms with Crippen molar-refractivity contribution < 1.29 is 18.7 Å². The molecule has 29 heavy (non-hydrogen) atoms. The number of nitrogens with zero attached hydrogens (tertiary/aromatic N) is 1. The largest absolute Gasteiger partial charge is 0.488 e. The zero-order valence-electron chi connectivity index (χ0n) is 15.7. The van der Waals surface area contributed by atoms with Gasteiger partial charge in [-0.1, -0.05) is 60.4 Å². The Morgan fingerprint density at radius 1 is 1.24 bits per heavy atom. The predicted octanol–water partition coefficient (Wildman–Crippen LogP) is 4.78. The van der Waals surface area contributed by atoms with Crippen LogP contribution in [0.3, 0.4) is 0 Å². The smallest absolute Gasteiger partial charge is 0.266 e. The van der Waals surface area contributed by atoms with Crippen molar-refractivity contribution in [2.45, 2.75) is 25.6 Å². The molecule has 7 heteroatoms. The average molecular weight is 430 g/mol. The molecule has 0 aliphatic carbocycles. The van der Waals surface area contributed by atoms with E-state index in [0.29, 0.717) is 27.1 Å². The number of thiocarbonyl (C=S) groups is 1. The third-order valence-corrected chi connectivity index (χ3v) is 6.21. The minimum absolute atomic E-state index is 0.0493. The Kier molecular flexibility index (Phi) is 6.28. The molecule has 0 saturated carbocycles. The minimum atomic E-state index is -0.306. The van der Waals surface area contributed by atoms with Crippen LogP contribution in [0.15, 0.2) is 53.4 Å². The maximum absolute atomic E-state index is 13.9. The van der Waals surface area contributed by atoms with Gasteiger partial charge in [-0.15, -0.1) is 0 Å². The highest BCUT2D eigenvalue weighted by molar-refractivity contribution is 8.26. The highest BCUT2D eigenvalue weighted by Crippen LogP contribution is 2.35. The van der Waals surface area contributed by atoms with Gasteiger partial charge in [0.2, 0.25) is 0 Å². The molecule has 0 unspecified atom stereocenters. The second-order valence-electron chi connectivity index (χ2n) is 6.85. The number of benzene rings is 2. The minimum Gasteiger partial charge on any atom is -0.488 e. The number of carbonyl (C=O) groups excluding carboxylic acids is 1. The van der Waals surface area contributed by atoms with Gasteiger partial charge < -0.3 is 9.47 Å². The first-order chi connectivity index (χ1) is 14.1. The van der Waals surface area contributed by atoms with E-state index in [1.165, 1.54) is 17.8 Å². The number of hydrogen-bond donors (Lipinski definition) is 0. The van der Waals surface area contributed by atoms with Gasteiger partial charge in [0.05, 0.1) is 17.6 Å². The standard InChI is InChI=1S/C22H20FNO3S2/c23-18-9-3-1-7-16(18)14-27-19-10-4-2-6-15(19)12-20-21(25)24(22(28)29-20)13-17-8-5-11-26-17/h1-4,6-7,9-10,12,17H,5,8,11,13-14H2/b20-12-/t17-/m0/s1. The average Bonchev–Trinajstić information content (AvgIpc) is 3.33. The molecular weight excluding hydrogens is 409 g/mol. The Labute approximate surface area is 178 Å². The first-order valence-electron chi connectivity index (χ1n) is 9.44. The van der Waals surface area contributed by atoms with Crippen LogP contribution in [0.4, 0.5) is 4.39 Å². The Morgan fingerprint density at radius 2 is 2.03 bits per heavy atom. The topological polar surface area (TPSA) is 38.8 Å². The van der Waals surface area contributed by atoms with Crippen molar-refractivity contribution in [2.24, 2.45) is 0 Å². The quantitative estimate of drug-likeness (QED) is 0.488. The Balaban J connectivity index is 1.50. The maximum atomic E-state index is 13.9. The lowest BCUT2D eigenvalue weighted by Crippen LogP contribution is -2.35. The summed E-state index contributed by atoms with van der Waals surface area (Å²) in [5.74, 6) is 0.166. The summed E-state index contributed by atoms with van der Waals surface area (Å²) in [6, 6.07) is 13.9. The summed E-state index contributed by atoms with van der Waals surface area (Å²) >= 11 is 6.69. The molecule has 4 rings (SSSR count). The van der Waals surface area contributed by atoms with E-state index in [4.69, 9.17) is 21.7 Å². The summed E-state index contributed by atoms with van der Waals surface area (Å²) in [5.41, 5.74) is 1.23. The fourth-order valence-corrected chi connectivity index (χ4v) is 4.56. The van der Waals surface area contributed by atoms with Crippen molar-refractivity contribution in [3.05, 3.63) is 70.4 Å². The highest BCUT2D eigenvalue weighted by atomic mass is 32.2. The van der Waals surface area contributed by atoms with Crippen molar-refractivity contribution in [3.8, 4) is 5.75 Å². The lowest BCUT2D eigenvalue weighted by atomic mass is 10.1. The molecular formula is C22H20FNO3S2. The van der Waals surface area contributed by atoms with E-state index in [1.54, 1.807) is 35.2 Å². The van der Waals surface area contributed by atoms with E-state index in [2.05, 4.69) is 0 Å². The van der Waals surface area contributed by atoms with Crippen LogP contribution in [0.2, 0.25) is 0 Å². The van der Waals surface area contributed by atoms with Gasteiger partial charge in [-0.2, -0.15) is 0 Å². The normalized spacial score (nSPS) is 20.7. The van der Waals surface area contributed by atoms with Gasteiger partial charge in [0, 0.05) is 17.7 Å². The Morgan fingerprint density at radius 3 is 2.83 bits per heavy atom. The molecule has 1 amide bonds. The fourth-order valence-electron chi connectivity index (χ4n) is 3.29. The molecule has 0 radical (unpaired) electrons. The lowest BCUT2D eigenvalue weighted by molar-refractivity contribution is -0.123. The van der Waals surface area contributed by atoms with Gasteiger partial charge in [0.25, 0.3) is 5.91 Å². The summed E-state index contributed by atoms with van der Waals surface area (Å²) in [6.07, 6.45) is 3.80. The molecule has 2 aromatic carbocycles. The zero-order valence-corrected chi connectivity index (χ0v) is 17.3. The summed E-state index contributed by atoms with van der Waals surface area (Å²) in [7, 11) is 0. The van der Waals surface area contributed by atoms with Crippen LogP contribution in [-0.2, 0) is 16.1 Å². The van der Waals surface area contributed by atoms with Crippen LogP contribution < -0.4 is 4.74 Å². The third kappa shape index (κ3) is 4.69. The second kappa shape index (κ2) is 9.07. The molecule has 2 aromatic rings. The number of rotatable bonds is 6. The summed E-state index contributed by atoms with van der Waals surface area (Å²) < 4.78 is 25.9. The van der Waals surface area contributed by atoms with Gasteiger partial charge in [-0.05, 0) is 31.1 Å². The molecule has 2 saturated heterocycles. The second-order valence-corrected chi connectivity index (χ2v) is 8.52. The predicted molar refractivity (Wildman–Crippen MR) is 116 cm³/mol. The molecule has 0 aromatic heterocycles. The summed E-state index contributed by atoms with van der Waals surface area (Å²) in [4.78, 5) is 15.0. The number of ether oxygens (including phenoxy) is 2. The van der Waals surface area contributed by atoms with Gasteiger partial charge in [-0.3, -0.25) is 9.69 Å². The van der Waals surface area contributed by atoms with Gasteiger partial charge in [-0.25, -0.2) is 4.39 Å². The zero-order chi connectivity index (χ0) is 20.2. The molecule has 0 N–H and O–H groups in total. The maximum Gasteiger partial charge on any atom is 0.266 e. The van der Waals surface area contributed by atoms with Gasteiger partial charge >= 0.3 is 0 Å². The van der Waals surface area contributed by atoms with Crippen LogP contribution in [0.25, 0.3) is 6.08 Å². The number of thioether (sulfide) groups is 1.